The fraction of sp³-hybridized carbons (Fsp3) is 0.444. The van der Waals surface area contributed by atoms with Crippen LogP contribution in [0.2, 0.25) is 0 Å². The molecule has 1 atom stereocenters. The minimum absolute atomic E-state index is 0.403. The number of piperazine rings is 1. The van der Waals surface area contributed by atoms with Gasteiger partial charge in [-0.25, -0.2) is 0 Å². The largest absolute Gasteiger partial charge is 0.334 e. The highest BCUT2D eigenvalue weighted by Gasteiger charge is 2.26. The fourth-order valence-electron chi connectivity index (χ4n) is 4.62. The van der Waals surface area contributed by atoms with Gasteiger partial charge in [-0.1, -0.05) is 61.7 Å². The molecule has 1 saturated heterocycles. The maximum absolute atomic E-state index is 9.30. The predicted molar refractivity (Wildman–Crippen MR) is 129 cm³/mol. The van der Waals surface area contributed by atoms with E-state index < -0.39 is 0 Å². The summed E-state index contributed by atoms with van der Waals surface area (Å²) in [5, 5.41) is 13.5. The van der Waals surface area contributed by atoms with E-state index in [2.05, 4.69) is 45.1 Å². The van der Waals surface area contributed by atoms with Crippen LogP contribution in [0.25, 0.3) is 11.5 Å². The third-order valence-electron chi connectivity index (χ3n) is 6.54. The van der Waals surface area contributed by atoms with Crippen molar-refractivity contribution in [1.82, 2.24) is 19.9 Å². The number of aryl methyl sites for hydroxylation is 1. The van der Waals surface area contributed by atoms with Crippen molar-refractivity contribution >= 4 is 0 Å². The van der Waals surface area contributed by atoms with E-state index in [9.17, 15) is 5.26 Å². The van der Waals surface area contributed by atoms with Gasteiger partial charge in [0.2, 0.25) is 0 Å². The quantitative estimate of drug-likeness (QED) is 0.415. The van der Waals surface area contributed by atoms with Crippen LogP contribution < -0.4 is 0 Å². The molecule has 0 radical (unpaired) electrons. The molecule has 0 spiro atoms. The molecule has 0 saturated carbocycles. The number of benzene rings is 2. The molecule has 1 fully saturated rings. The van der Waals surface area contributed by atoms with Gasteiger partial charge in [-0.15, -0.1) is 0 Å². The molecule has 1 unspecified atom stereocenters. The van der Waals surface area contributed by atoms with Gasteiger partial charge in [0, 0.05) is 37.8 Å². The van der Waals surface area contributed by atoms with Gasteiger partial charge in [0.15, 0.2) is 5.82 Å². The number of aromatic nitrogens is 2. The van der Waals surface area contributed by atoms with Crippen LogP contribution in [0, 0.1) is 18.3 Å². The Labute approximate surface area is 196 Å². The third-order valence-corrected chi connectivity index (χ3v) is 6.54. The zero-order chi connectivity index (χ0) is 23.0. The monoisotopic (exact) mass is 443 g/mol. The second-order valence-electron chi connectivity index (χ2n) is 8.89. The standard InChI is InChI=1S/C27H33N5O/c1-3-4-6-11-25(23-12-13-24(19-28)21(2)18-23)32-16-14-31(15-17-32)20-26-29-27(33-30-26)22-9-7-5-8-10-22/h5,7-10,12-13,18,25H,3-4,6,11,14-17,20H2,1-2H3. The summed E-state index contributed by atoms with van der Waals surface area (Å²) >= 11 is 0. The number of hydrogen-bond donors (Lipinski definition) is 0. The Kier molecular flexibility index (Phi) is 7.87. The molecule has 2 aromatic carbocycles. The Morgan fingerprint density at radius 2 is 1.85 bits per heavy atom. The fourth-order valence-corrected chi connectivity index (χ4v) is 4.62. The maximum atomic E-state index is 9.30. The van der Waals surface area contributed by atoms with Crippen molar-refractivity contribution < 1.29 is 4.52 Å². The molecule has 1 aliphatic rings. The van der Waals surface area contributed by atoms with Gasteiger partial charge in [-0.2, -0.15) is 10.2 Å². The molecule has 0 N–H and O–H groups in total. The predicted octanol–water partition coefficient (Wildman–Crippen LogP) is 5.36. The lowest BCUT2D eigenvalue weighted by Crippen LogP contribution is -2.47. The van der Waals surface area contributed by atoms with Crippen molar-refractivity contribution in [2.24, 2.45) is 0 Å². The van der Waals surface area contributed by atoms with E-state index in [1.54, 1.807) is 0 Å². The second-order valence-corrected chi connectivity index (χ2v) is 8.89. The van der Waals surface area contributed by atoms with Crippen molar-refractivity contribution in [3.05, 3.63) is 71.0 Å². The molecule has 3 aromatic rings. The molecule has 1 aliphatic heterocycles. The van der Waals surface area contributed by atoms with E-state index in [0.29, 0.717) is 18.5 Å². The minimum Gasteiger partial charge on any atom is -0.334 e. The van der Waals surface area contributed by atoms with Crippen LogP contribution in [0.15, 0.2) is 53.1 Å². The summed E-state index contributed by atoms with van der Waals surface area (Å²) in [6, 6.07) is 19.0. The summed E-state index contributed by atoms with van der Waals surface area (Å²) in [6.45, 7) is 8.99. The van der Waals surface area contributed by atoms with Crippen LogP contribution in [-0.2, 0) is 6.54 Å². The van der Waals surface area contributed by atoms with E-state index in [-0.39, 0.29) is 0 Å². The summed E-state index contributed by atoms with van der Waals surface area (Å²) in [6.07, 6.45) is 4.87. The molecule has 1 aromatic heterocycles. The lowest BCUT2D eigenvalue weighted by atomic mass is 9.95. The van der Waals surface area contributed by atoms with Crippen LogP contribution in [0.3, 0.4) is 0 Å². The van der Waals surface area contributed by atoms with E-state index in [0.717, 1.165) is 55.1 Å². The highest BCUT2D eigenvalue weighted by molar-refractivity contribution is 5.51. The van der Waals surface area contributed by atoms with Crippen molar-refractivity contribution in [1.29, 1.82) is 5.26 Å². The summed E-state index contributed by atoms with van der Waals surface area (Å²) in [4.78, 5) is 9.61. The first-order valence-corrected chi connectivity index (χ1v) is 12.0. The Morgan fingerprint density at radius 3 is 2.55 bits per heavy atom. The van der Waals surface area contributed by atoms with Gasteiger partial charge in [0.1, 0.15) is 0 Å². The molecule has 2 heterocycles. The number of rotatable bonds is 9. The average molecular weight is 444 g/mol. The van der Waals surface area contributed by atoms with Crippen molar-refractivity contribution in [3.8, 4) is 17.5 Å². The maximum Gasteiger partial charge on any atom is 0.257 e. The van der Waals surface area contributed by atoms with Gasteiger partial charge < -0.3 is 4.52 Å². The number of nitriles is 1. The van der Waals surface area contributed by atoms with Gasteiger partial charge in [0.25, 0.3) is 5.89 Å². The average Bonchev–Trinajstić information content (AvgIpc) is 3.32. The highest BCUT2D eigenvalue weighted by atomic mass is 16.5. The first kappa shape index (κ1) is 23.2. The number of nitrogens with zero attached hydrogens (tertiary/aromatic N) is 5. The molecule has 6 nitrogen and oxygen atoms in total. The van der Waals surface area contributed by atoms with Gasteiger partial charge >= 0.3 is 0 Å². The molecular formula is C27H33N5O. The number of unbranched alkanes of at least 4 members (excludes halogenated alkanes) is 2. The van der Waals surface area contributed by atoms with E-state index in [1.807, 2.05) is 43.3 Å². The Balaban J connectivity index is 1.38. The SMILES string of the molecule is CCCCCC(c1ccc(C#N)c(C)c1)N1CCN(Cc2noc(-c3ccccc3)n2)CC1. The zero-order valence-electron chi connectivity index (χ0n) is 19.7. The highest BCUT2D eigenvalue weighted by Crippen LogP contribution is 2.29. The van der Waals surface area contributed by atoms with Crippen LogP contribution in [0.4, 0.5) is 0 Å². The molecule has 6 heteroatoms. The Bertz CT molecular complexity index is 1060. The van der Waals surface area contributed by atoms with E-state index in [1.165, 1.54) is 24.8 Å². The van der Waals surface area contributed by atoms with Crippen LogP contribution in [-0.4, -0.2) is 46.1 Å². The lowest BCUT2D eigenvalue weighted by molar-refractivity contribution is 0.0846. The Morgan fingerprint density at radius 1 is 1.06 bits per heavy atom. The summed E-state index contributed by atoms with van der Waals surface area (Å²) in [5.74, 6) is 1.32. The summed E-state index contributed by atoms with van der Waals surface area (Å²) in [7, 11) is 0. The van der Waals surface area contributed by atoms with Crippen LogP contribution in [0.5, 0.6) is 0 Å². The second kappa shape index (κ2) is 11.2. The number of hydrogen-bond acceptors (Lipinski definition) is 6. The lowest BCUT2D eigenvalue weighted by Gasteiger charge is -2.39. The van der Waals surface area contributed by atoms with Crippen LogP contribution in [0.1, 0.15) is 61.2 Å². The molecule has 33 heavy (non-hydrogen) atoms. The normalized spacial score (nSPS) is 15.9. The van der Waals surface area contributed by atoms with E-state index in [4.69, 9.17) is 4.52 Å². The van der Waals surface area contributed by atoms with Gasteiger partial charge in [-0.3, -0.25) is 9.80 Å². The first-order valence-electron chi connectivity index (χ1n) is 12.0. The molecule has 172 valence electrons. The van der Waals surface area contributed by atoms with Gasteiger partial charge in [-0.05, 0) is 42.7 Å². The first-order chi connectivity index (χ1) is 16.2. The molecule has 0 amide bonds. The minimum atomic E-state index is 0.403. The van der Waals surface area contributed by atoms with Crippen LogP contribution >= 0.6 is 0 Å². The van der Waals surface area contributed by atoms with Crippen molar-refractivity contribution in [2.45, 2.75) is 52.1 Å². The van der Waals surface area contributed by atoms with Crippen molar-refractivity contribution in [2.75, 3.05) is 26.2 Å². The van der Waals surface area contributed by atoms with Gasteiger partial charge in [0.05, 0.1) is 18.2 Å². The summed E-state index contributed by atoms with van der Waals surface area (Å²) < 4.78 is 5.47. The zero-order valence-corrected chi connectivity index (χ0v) is 19.7. The molecule has 0 bridgehead atoms. The molecule has 0 aliphatic carbocycles. The van der Waals surface area contributed by atoms with E-state index >= 15 is 0 Å². The summed E-state index contributed by atoms with van der Waals surface area (Å²) in [5.41, 5.74) is 4.13. The topological polar surface area (TPSA) is 69.2 Å². The van der Waals surface area contributed by atoms with Crippen molar-refractivity contribution in [3.63, 3.8) is 0 Å². The smallest absolute Gasteiger partial charge is 0.257 e. The Hall–Kier alpha value is -3.01. The molecular weight excluding hydrogens is 410 g/mol. The third kappa shape index (κ3) is 5.87. The molecule has 4 rings (SSSR count).